The molecule has 118 valence electrons. The fraction of sp³-hybridized carbons (Fsp3) is 1.00. The van der Waals surface area contributed by atoms with Crippen LogP contribution in [-0.2, 0) is 0 Å². The molecule has 1 saturated carbocycles. The molecular weight excluding hydrogens is 244 g/mol. The highest BCUT2D eigenvalue weighted by Crippen LogP contribution is 2.33. The third-order valence-corrected chi connectivity index (χ3v) is 5.44. The predicted octanol–water partition coefficient (Wildman–Crippen LogP) is 3.72. The minimum absolute atomic E-state index is 0.813. The van der Waals surface area contributed by atoms with Gasteiger partial charge in [0.15, 0.2) is 0 Å². The second kappa shape index (κ2) is 7.79. The molecule has 2 aliphatic rings. The van der Waals surface area contributed by atoms with Gasteiger partial charge in [-0.05, 0) is 49.4 Å². The van der Waals surface area contributed by atoms with Gasteiger partial charge in [-0.25, -0.2) is 0 Å². The van der Waals surface area contributed by atoms with Crippen LogP contribution in [-0.4, -0.2) is 49.1 Å². The summed E-state index contributed by atoms with van der Waals surface area (Å²) in [4.78, 5) is 5.38. The van der Waals surface area contributed by atoms with Crippen molar-refractivity contribution < 1.29 is 0 Å². The molecule has 2 nitrogen and oxygen atoms in total. The number of hydrogen-bond acceptors (Lipinski definition) is 2. The summed E-state index contributed by atoms with van der Waals surface area (Å²) in [7, 11) is 0. The number of piperazine rings is 1. The molecule has 1 aliphatic carbocycles. The molecule has 0 aromatic carbocycles. The molecule has 0 radical (unpaired) electrons. The van der Waals surface area contributed by atoms with Gasteiger partial charge in [0.1, 0.15) is 0 Å². The molecule has 0 atom stereocenters. The van der Waals surface area contributed by atoms with Crippen LogP contribution in [0.2, 0.25) is 0 Å². The van der Waals surface area contributed by atoms with Gasteiger partial charge in [-0.15, -0.1) is 0 Å². The Labute approximate surface area is 126 Å². The summed E-state index contributed by atoms with van der Waals surface area (Å²) in [5.74, 6) is 3.71. The van der Waals surface area contributed by atoms with Crippen LogP contribution in [0.25, 0.3) is 0 Å². The van der Waals surface area contributed by atoms with Crippen molar-refractivity contribution >= 4 is 0 Å². The van der Waals surface area contributed by atoms with Crippen molar-refractivity contribution in [3.05, 3.63) is 0 Å². The smallest absolute Gasteiger partial charge is 0.0110 e. The topological polar surface area (TPSA) is 6.48 Å². The Hall–Kier alpha value is -0.0800. The van der Waals surface area contributed by atoms with Crippen molar-refractivity contribution in [3.8, 4) is 0 Å². The SMILES string of the molecule is CC(C)CN1CCN(CC2CCC(C(C)C)CC2)CC1. The van der Waals surface area contributed by atoms with Crippen LogP contribution in [0, 0.1) is 23.7 Å². The minimum Gasteiger partial charge on any atom is -0.301 e. The first-order chi connectivity index (χ1) is 9.54. The average molecular weight is 281 g/mol. The number of rotatable bonds is 5. The van der Waals surface area contributed by atoms with Gasteiger partial charge in [0, 0.05) is 39.3 Å². The summed E-state index contributed by atoms with van der Waals surface area (Å²) in [6.07, 6.45) is 5.93. The van der Waals surface area contributed by atoms with E-state index in [1.165, 1.54) is 65.0 Å². The first-order valence-corrected chi connectivity index (χ1v) is 8.99. The van der Waals surface area contributed by atoms with Crippen LogP contribution in [0.1, 0.15) is 53.4 Å². The van der Waals surface area contributed by atoms with E-state index in [4.69, 9.17) is 0 Å². The van der Waals surface area contributed by atoms with Crippen molar-refractivity contribution in [3.63, 3.8) is 0 Å². The zero-order chi connectivity index (χ0) is 14.5. The van der Waals surface area contributed by atoms with E-state index in [0.717, 1.165) is 23.7 Å². The molecule has 20 heavy (non-hydrogen) atoms. The second-order valence-corrected chi connectivity index (χ2v) is 8.02. The maximum Gasteiger partial charge on any atom is 0.0110 e. The Kier molecular flexibility index (Phi) is 6.35. The van der Waals surface area contributed by atoms with Crippen LogP contribution in [0.3, 0.4) is 0 Å². The fourth-order valence-corrected chi connectivity index (χ4v) is 4.07. The van der Waals surface area contributed by atoms with Gasteiger partial charge in [-0.3, -0.25) is 0 Å². The minimum atomic E-state index is 0.813. The van der Waals surface area contributed by atoms with Crippen LogP contribution >= 0.6 is 0 Å². The van der Waals surface area contributed by atoms with Gasteiger partial charge in [-0.2, -0.15) is 0 Å². The molecule has 2 fully saturated rings. The summed E-state index contributed by atoms with van der Waals surface area (Å²) in [6.45, 7) is 17.3. The normalized spacial score (nSPS) is 30.3. The standard InChI is InChI=1S/C18H36N2/c1-15(2)13-19-9-11-20(12-10-19)14-17-5-7-18(8-6-17)16(3)4/h15-18H,5-14H2,1-4H3. The Balaban J connectivity index is 1.64. The lowest BCUT2D eigenvalue weighted by Crippen LogP contribution is -2.48. The highest BCUT2D eigenvalue weighted by Gasteiger charge is 2.26. The molecule has 0 aromatic rings. The maximum atomic E-state index is 2.73. The third kappa shape index (κ3) is 5.04. The van der Waals surface area contributed by atoms with E-state index in [2.05, 4.69) is 37.5 Å². The van der Waals surface area contributed by atoms with Crippen molar-refractivity contribution in [1.29, 1.82) is 0 Å². The Bertz CT molecular complexity index is 259. The first-order valence-electron chi connectivity index (χ1n) is 8.99. The summed E-state index contributed by atoms with van der Waals surface area (Å²) in [6, 6.07) is 0. The quantitative estimate of drug-likeness (QED) is 0.757. The Morgan fingerprint density at radius 2 is 1.35 bits per heavy atom. The van der Waals surface area contributed by atoms with Gasteiger partial charge >= 0.3 is 0 Å². The van der Waals surface area contributed by atoms with Gasteiger partial charge in [0.25, 0.3) is 0 Å². The molecule has 1 saturated heterocycles. The van der Waals surface area contributed by atoms with E-state index in [0.29, 0.717) is 0 Å². The van der Waals surface area contributed by atoms with E-state index >= 15 is 0 Å². The molecule has 1 aliphatic heterocycles. The van der Waals surface area contributed by atoms with Gasteiger partial charge < -0.3 is 9.80 Å². The van der Waals surface area contributed by atoms with E-state index in [-0.39, 0.29) is 0 Å². The predicted molar refractivity (Wildman–Crippen MR) is 88.0 cm³/mol. The highest BCUT2D eigenvalue weighted by atomic mass is 15.3. The molecular formula is C18H36N2. The average Bonchev–Trinajstić information content (AvgIpc) is 2.41. The number of hydrogen-bond donors (Lipinski definition) is 0. The molecule has 0 amide bonds. The molecule has 0 bridgehead atoms. The van der Waals surface area contributed by atoms with Crippen molar-refractivity contribution in [2.75, 3.05) is 39.3 Å². The maximum absolute atomic E-state index is 2.73. The fourth-order valence-electron chi connectivity index (χ4n) is 4.07. The highest BCUT2D eigenvalue weighted by molar-refractivity contribution is 4.79. The number of nitrogens with zero attached hydrogens (tertiary/aromatic N) is 2. The van der Waals surface area contributed by atoms with Gasteiger partial charge in [0.05, 0.1) is 0 Å². The van der Waals surface area contributed by atoms with E-state index in [1.54, 1.807) is 0 Å². The lowest BCUT2D eigenvalue weighted by atomic mass is 9.77. The molecule has 0 N–H and O–H groups in total. The zero-order valence-corrected chi connectivity index (χ0v) is 14.3. The molecule has 0 unspecified atom stereocenters. The van der Waals surface area contributed by atoms with Crippen LogP contribution in [0.5, 0.6) is 0 Å². The lowest BCUT2D eigenvalue weighted by molar-refractivity contribution is 0.0945. The molecule has 1 heterocycles. The zero-order valence-electron chi connectivity index (χ0n) is 14.3. The van der Waals surface area contributed by atoms with Crippen molar-refractivity contribution in [2.24, 2.45) is 23.7 Å². The van der Waals surface area contributed by atoms with E-state index in [1.807, 2.05) is 0 Å². The monoisotopic (exact) mass is 280 g/mol. The largest absolute Gasteiger partial charge is 0.301 e. The Morgan fingerprint density at radius 3 is 1.85 bits per heavy atom. The summed E-state index contributed by atoms with van der Waals surface area (Å²) in [5, 5.41) is 0. The van der Waals surface area contributed by atoms with E-state index in [9.17, 15) is 0 Å². The molecule has 0 aromatic heterocycles. The lowest BCUT2D eigenvalue weighted by Gasteiger charge is -2.39. The van der Waals surface area contributed by atoms with Gasteiger partial charge in [-0.1, -0.05) is 27.7 Å². The summed E-state index contributed by atoms with van der Waals surface area (Å²) < 4.78 is 0. The van der Waals surface area contributed by atoms with Crippen LogP contribution < -0.4 is 0 Å². The van der Waals surface area contributed by atoms with Crippen LogP contribution in [0.15, 0.2) is 0 Å². The molecule has 0 spiro atoms. The summed E-state index contributed by atoms with van der Waals surface area (Å²) >= 11 is 0. The molecule has 2 rings (SSSR count). The summed E-state index contributed by atoms with van der Waals surface area (Å²) in [5.41, 5.74) is 0. The molecule has 2 heteroatoms. The first kappa shape index (κ1) is 16.3. The Morgan fingerprint density at radius 1 is 0.800 bits per heavy atom. The second-order valence-electron chi connectivity index (χ2n) is 8.02. The van der Waals surface area contributed by atoms with Crippen molar-refractivity contribution in [2.45, 2.75) is 53.4 Å². The van der Waals surface area contributed by atoms with Crippen molar-refractivity contribution in [1.82, 2.24) is 9.80 Å². The van der Waals surface area contributed by atoms with Crippen LogP contribution in [0.4, 0.5) is 0 Å². The van der Waals surface area contributed by atoms with E-state index < -0.39 is 0 Å². The third-order valence-electron chi connectivity index (χ3n) is 5.44. The van der Waals surface area contributed by atoms with Gasteiger partial charge in [0.2, 0.25) is 0 Å².